The molecule has 0 aliphatic heterocycles. The van der Waals surface area contributed by atoms with Gasteiger partial charge in [0.25, 0.3) is 0 Å². The van der Waals surface area contributed by atoms with Crippen molar-refractivity contribution in [2.24, 2.45) is 0 Å². The summed E-state index contributed by atoms with van der Waals surface area (Å²) < 4.78 is 25.7. The van der Waals surface area contributed by atoms with E-state index < -0.39 is 6.85 Å². The first-order chi connectivity index (χ1) is 29.2. The van der Waals surface area contributed by atoms with Gasteiger partial charge >= 0.3 is 0 Å². The molecular weight excluding hydrogens is 914 g/mol. The zero-order valence-electron chi connectivity index (χ0n) is 38.9. The second-order valence-electron chi connectivity index (χ2n) is 18.7. The van der Waals surface area contributed by atoms with Gasteiger partial charge in [-0.25, -0.2) is 4.98 Å². The first-order valence-electron chi connectivity index (χ1n) is 21.9. The minimum atomic E-state index is -2.17. The Morgan fingerprint density at radius 1 is 0.567 bits per heavy atom. The van der Waals surface area contributed by atoms with Crippen LogP contribution in [0.4, 0.5) is 0 Å². The van der Waals surface area contributed by atoms with Crippen molar-refractivity contribution in [3.05, 3.63) is 168 Å². The summed E-state index contributed by atoms with van der Waals surface area (Å²) in [4.78, 5) is 10.4. The third-order valence-electron chi connectivity index (χ3n) is 11.3. The number of pyridine rings is 1. The second kappa shape index (κ2) is 16.1. The van der Waals surface area contributed by atoms with Crippen molar-refractivity contribution in [3.8, 4) is 67.5 Å². The summed E-state index contributed by atoms with van der Waals surface area (Å²) in [5, 5.41) is 11.7. The van der Waals surface area contributed by atoms with Crippen LogP contribution in [0.15, 0.2) is 140 Å². The molecule has 0 bridgehead atoms. The molecule has 0 aliphatic carbocycles. The van der Waals surface area contributed by atoms with Gasteiger partial charge in [0.05, 0.1) is 22.3 Å². The molecule has 0 spiro atoms. The molecule has 306 valence electrons. The van der Waals surface area contributed by atoms with Crippen molar-refractivity contribution in [2.45, 2.75) is 85.4 Å². The Morgan fingerprint density at radius 3 is 1.88 bits per heavy atom. The zero-order chi connectivity index (χ0) is 44.4. The number of rotatable bonds is 6. The van der Waals surface area contributed by atoms with Gasteiger partial charge in [0.2, 0.25) is 0 Å². The summed E-state index contributed by atoms with van der Waals surface area (Å²) in [6.45, 7) is 17.7. The molecule has 8 rings (SSSR count). The van der Waals surface area contributed by atoms with Gasteiger partial charge in [-0.15, -0.1) is 29.3 Å². The number of aryl methyl sites for hydroxylation is 1. The first kappa shape index (κ1) is 38.6. The van der Waals surface area contributed by atoms with E-state index in [1.54, 1.807) is 24.4 Å². The van der Waals surface area contributed by atoms with Crippen LogP contribution in [0, 0.1) is 12.9 Å². The van der Waals surface area contributed by atoms with E-state index in [-0.39, 0.29) is 43.1 Å². The van der Waals surface area contributed by atoms with E-state index in [1.807, 2.05) is 36.4 Å². The molecule has 60 heavy (non-hydrogen) atoms. The van der Waals surface area contributed by atoms with Crippen LogP contribution in [0.3, 0.4) is 0 Å². The molecule has 0 saturated carbocycles. The first-order valence-corrected chi connectivity index (χ1v) is 20.4. The molecule has 4 nitrogen and oxygen atoms in total. The maximum Gasteiger partial charge on any atom is 0.148 e. The number of phenolic OH excluding ortho intramolecular Hbond substituents is 1. The molecule has 0 fully saturated rings. The van der Waals surface area contributed by atoms with Gasteiger partial charge < -0.3 is 5.11 Å². The fourth-order valence-corrected chi connectivity index (χ4v) is 7.68. The predicted octanol–water partition coefficient (Wildman–Crippen LogP) is 14.5. The van der Waals surface area contributed by atoms with Crippen LogP contribution in [-0.2, 0) is 37.3 Å². The SMILES string of the molecule is [2H]C([2H])([2H])c1ccc(-c2ccnc(-c3[c-]c(-c4cccc5c4nc(-c4cc(C(C)(C)C)ccc4O)n5-c4ccc(C(C)(C)C)cc4-c4ccccc4)cc(C(C)(C)C)c3)c2)cc1.[Pt]. The molecule has 0 radical (unpaired) electrons. The number of aromatic hydroxyl groups is 1. The van der Waals surface area contributed by atoms with Crippen LogP contribution in [0.5, 0.6) is 5.75 Å². The van der Waals surface area contributed by atoms with Crippen molar-refractivity contribution < 1.29 is 30.3 Å². The average Bonchev–Trinajstić information content (AvgIpc) is 3.62. The number of imidazole rings is 1. The summed E-state index contributed by atoms with van der Waals surface area (Å²) in [7, 11) is 0. The van der Waals surface area contributed by atoms with Crippen LogP contribution >= 0.6 is 0 Å². The number of phenols is 1. The molecule has 0 amide bonds. The molecule has 0 aliphatic rings. The number of fused-ring (bicyclic) bond motifs is 1. The monoisotopic (exact) mass is 970 g/mol. The third-order valence-corrected chi connectivity index (χ3v) is 11.3. The Balaban J connectivity index is 0.00000595. The minimum absolute atomic E-state index is 0. The number of nitrogens with zero attached hydrogens (tertiary/aromatic N) is 3. The molecule has 1 N–H and O–H groups in total. The Hall–Kier alpha value is -5.57. The van der Waals surface area contributed by atoms with Gasteiger partial charge in [-0.2, -0.15) is 0 Å². The van der Waals surface area contributed by atoms with Crippen molar-refractivity contribution in [3.63, 3.8) is 0 Å². The summed E-state index contributed by atoms with van der Waals surface area (Å²) in [5.74, 6) is 0.800. The van der Waals surface area contributed by atoms with Gasteiger partial charge in [-0.1, -0.05) is 164 Å². The van der Waals surface area contributed by atoms with Crippen LogP contribution in [0.2, 0.25) is 0 Å². The standard InChI is InChI=1S/C55H54N3O.Pt/c1-35-19-21-36(22-20-35)38-27-28-56-47(32-38)40-29-39(30-43(31-40)55(8,9)10)44-17-14-18-49-51(44)57-52(46-34-42(54(5,6)7)24-26-50(46)59)58(49)48-25-23-41(53(2,3)4)33-45(48)37-15-12-11-13-16-37;/h11-28,30-34,59H,1-10H3;/q-1;/i1D3;. The van der Waals surface area contributed by atoms with Crippen molar-refractivity contribution in [1.29, 1.82) is 0 Å². The number of aromatic nitrogens is 3. The summed E-state index contributed by atoms with van der Waals surface area (Å²) in [6.07, 6.45) is 1.79. The number of benzene rings is 6. The second-order valence-corrected chi connectivity index (χ2v) is 18.7. The zero-order valence-corrected chi connectivity index (χ0v) is 38.2. The molecule has 0 saturated heterocycles. The van der Waals surface area contributed by atoms with E-state index in [0.717, 1.165) is 72.5 Å². The quantitative estimate of drug-likeness (QED) is 0.169. The van der Waals surface area contributed by atoms with E-state index in [2.05, 4.69) is 152 Å². The van der Waals surface area contributed by atoms with Gasteiger partial charge in [0, 0.05) is 42.6 Å². The van der Waals surface area contributed by atoms with E-state index in [4.69, 9.17) is 14.1 Å². The van der Waals surface area contributed by atoms with Gasteiger partial charge in [0.15, 0.2) is 0 Å². The van der Waals surface area contributed by atoms with Gasteiger partial charge in [-0.3, -0.25) is 9.55 Å². The topological polar surface area (TPSA) is 50.9 Å². The average molecular weight is 971 g/mol. The summed E-state index contributed by atoms with van der Waals surface area (Å²) >= 11 is 0. The molecule has 8 aromatic rings. The van der Waals surface area contributed by atoms with Crippen LogP contribution < -0.4 is 0 Å². The third kappa shape index (κ3) is 8.41. The largest absolute Gasteiger partial charge is 0.507 e. The van der Waals surface area contributed by atoms with E-state index in [0.29, 0.717) is 17.0 Å². The van der Waals surface area contributed by atoms with Crippen LogP contribution in [-0.4, -0.2) is 19.6 Å². The summed E-state index contributed by atoms with van der Waals surface area (Å²) in [6, 6.07) is 48.5. The molecule has 2 aromatic heterocycles. The Kier molecular flexibility index (Phi) is 10.4. The number of para-hydroxylation sites is 1. The van der Waals surface area contributed by atoms with Gasteiger partial charge in [-0.05, 0) is 87.3 Å². The number of hydrogen-bond acceptors (Lipinski definition) is 3. The molecule has 2 heterocycles. The molecular formula is C55H54N3OPt-. The fourth-order valence-electron chi connectivity index (χ4n) is 7.68. The predicted molar refractivity (Wildman–Crippen MR) is 247 cm³/mol. The molecule has 6 aromatic carbocycles. The van der Waals surface area contributed by atoms with Crippen molar-refractivity contribution >= 4 is 11.0 Å². The normalized spacial score (nSPS) is 13.1. The Bertz CT molecular complexity index is 2950. The maximum atomic E-state index is 11.7. The summed E-state index contributed by atoms with van der Waals surface area (Å²) in [5.41, 5.74) is 13.9. The van der Waals surface area contributed by atoms with E-state index in [1.165, 1.54) is 5.56 Å². The fraction of sp³-hybridized carbons (Fsp3) is 0.236. The maximum absolute atomic E-state index is 11.7. The number of hydrogen-bond donors (Lipinski definition) is 1. The molecule has 0 atom stereocenters. The van der Waals surface area contributed by atoms with Gasteiger partial charge in [0.1, 0.15) is 11.6 Å². The van der Waals surface area contributed by atoms with Crippen LogP contribution in [0.25, 0.3) is 72.7 Å². The Morgan fingerprint density at radius 2 is 1.22 bits per heavy atom. The van der Waals surface area contributed by atoms with E-state index in [9.17, 15) is 5.11 Å². The van der Waals surface area contributed by atoms with Crippen molar-refractivity contribution in [1.82, 2.24) is 14.5 Å². The van der Waals surface area contributed by atoms with E-state index >= 15 is 0 Å². The van der Waals surface area contributed by atoms with Crippen molar-refractivity contribution in [2.75, 3.05) is 0 Å². The Labute approximate surface area is 374 Å². The van der Waals surface area contributed by atoms with Crippen LogP contribution in [0.1, 0.15) is 88.7 Å². The molecule has 0 unspecified atom stereocenters. The molecule has 5 heteroatoms. The smallest absolute Gasteiger partial charge is 0.148 e. The minimum Gasteiger partial charge on any atom is -0.507 e.